The number of fused-ring (bicyclic) bond motifs is 1. The number of benzene rings is 1. The minimum absolute atomic E-state index is 0.0877. The van der Waals surface area contributed by atoms with E-state index in [4.69, 9.17) is 9.15 Å². The number of hydrogen-bond donors (Lipinski definition) is 0. The Morgan fingerprint density at radius 3 is 2.92 bits per heavy atom. The van der Waals surface area contributed by atoms with Gasteiger partial charge in [-0.15, -0.1) is 11.3 Å². The molecule has 0 N–H and O–H groups in total. The van der Waals surface area contributed by atoms with Crippen molar-refractivity contribution in [3.8, 4) is 0 Å². The highest BCUT2D eigenvalue weighted by atomic mass is 32.1. The van der Waals surface area contributed by atoms with Crippen molar-refractivity contribution in [2.24, 2.45) is 0 Å². The SMILES string of the molecule is CCCCc1oc2ccccc2c1CN(C)C(=O)c1csc(COC)n1. The fraction of sp³-hybridized carbons (Fsp3) is 0.400. The molecule has 0 spiro atoms. The van der Waals surface area contributed by atoms with Gasteiger partial charge >= 0.3 is 0 Å². The molecule has 1 amide bonds. The molecule has 0 saturated carbocycles. The van der Waals surface area contributed by atoms with E-state index < -0.39 is 0 Å². The number of unbranched alkanes of at least 4 members (excludes halogenated alkanes) is 1. The van der Waals surface area contributed by atoms with Crippen molar-refractivity contribution < 1.29 is 13.9 Å². The van der Waals surface area contributed by atoms with Crippen LogP contribution in [0.1, 0.15) is 46.6 Å². The summed E-state index contributed by atoms with van der Waals surface area (Å²) in [5.41, 5.74) is 2.44. The van der Waals surface area contributed by atoms with Crippen molar-refractivity contribution in [3.05, 3.63) is 51.7 Å². The van der Waals surface area contributed by atoms with Gasteiger partial charge in [-0.25, -0.2) is 4.98 Å². The number of aromatic nitrogens is 1. The average molecular weight is 372 g/mol. The molecule has 138 valence electrons. The van der Waals surface area contributed by atoms with Gasteiger partial charge in [-0.05, 0) is 12.5 Å². The molecule has 0 fully saturated rings. The first-order chi connectivity index (χ1) is 12.6. The van der Waals surface area contributed by atoms with Gasteiger partial charge in [0.25, 0.3) is 5.91 Å². The first-order valence-electron chi connectivity index (χ1n) is 8.82. The maximum Gasteiger partial charge on any atom is 0.273 e. The van der Waals surface area contributed by atoms with Gasteiger partial charge in [-0.3, -0.25) is 4.79 Å². The fourth-order valence-electron chi connectivity index (χ4n) is 2.97. The predicted octanol–water partition coefficient (Wildman–Crippen LogP) is 4.65. The normalized spacial score (nSPS) is 11.2. The summed E-state index contributed by atoms with van der Waals surface area (Å²) in [4.78, 5) is 18.8. The quantitative estimate of drug-likeness (QED) is 0.577. The molecule has 2 heterocycles. The molecule has 0 unspecified atom stereocenters. The van der Waals surface area contributed by atoms with Crippen LogP contribution in [0.15, 0.2) is 34.1 Å². The van der Waals surface area contributed by atoms with Crippen LogP contribution in [0.5, 0.6) is 0 Å². The van der Waals surface area contributed by atoms with Crippen LogP contribution in [0, 0.1) is 0 Å². The number of furan rings is 1. The summed E-state index contributed by atoms with van der Waals surface area (Å²) in [7, 11) is 3.43. The summed E-state index contributed by atoms with van der Waals surface area (Å²) < 4.78 is 11.1. The van der Waals surface area contributed by atoms with Gasteiger partial charge in [0.2, 0.25) is 0 Å². The van der Waals surface area contributed by atoms with E-state index in [0.29, 0.717) is 18.8 Å². The molecule has 2 aromatic heterocycles. The highest BCUT2D eigenvalue weighted by molar-refractivity contribution is 7.09. The van der Waals surface area contributed by atoms with Crippen LogP contribution in [-0.2, 0) is 24.3 Å². The van der Waals surface area contributed by atoms with E-state index in [1.165, 1.54) is 11.3 Å². The van der Waals surface area contributed by atoms with E-state index >= 15 is 0 Å². The molecular formula is C20H24N2O3S. The fourth-order valence-corrected chi connectivity index (χ4v) is 3.70. The van der Waals surface area contributed by atoms with Gasteiger partial charge in [-0.2, -0.15) is 0 Å². The average Bonchev–Trinajstić information content (AvgIpc) is 3.25. The zero-order valence-electron chi connectivity index (χ0n) is 15.4. The Kier molecular flexibility index (Phi) is 6.06. The summed E-state index contributed by atoms with van der Waals surface area (Å²) in [6.45, 7) is 3.10. The Labute approximate surface area is 157 Å². The number of para-hydroxylation sites is 1. The third-order valence-corrected chi connectivity index (χ3v) is 5.14. The van der Waals surface area contributed by atoms with Crippen LogP contribution < -0.4 is 0 Å². The van der Waals surface area contributed by atoms with Crippen molar-refractivity contribution in [2.45, 2.75) is 39.3 Å². The molecule has 0 aliphatic heterocycles. The van der Waals surface area contributed by atoms with Crippen LogP contribution >= 0.6 is 11.3 Å². The van der Waals surface area contributed by atoms with Crippen molar-refractivity contribution in [2.75, 3.05) is 14.2 Å². The lowest BCUT2D eigenvalue weighted by Gasteiger charge is -2.16. The Morgan fingerprint density at radius 1 is 1.35 bits per heavy atom. The standard InChI is InChI=1S/C20H24N2O3S/c1-4-5-9-18-15(14-8-6-7-10-17(14)25-18)11-22(2)20(23)16-13-26-19(21-16)12-24-3/h6-8,10,13H,4-5,9,11-12H2,1-3H3. The topological polar surface area (TPSA) is 55.6 Å². The highest BCUT2D eigenvalue weighted by Crippen LogP contribution is 2.28. The van der Waals surface area contributed by atoms with Crippen molar-refractivity contribution in [1.29, 1.82) is 0 Å². The number of ether oxygens (including phenoxy) is 1. The summed E-state index contributed by atoms with van der Waals surface area (Å²) in [6, 6.07) is 8.01. The Bertz CT molecular complexity index is 884. The van der Waals surface area contributed by atoms with Gasteiger partial charge in [0, 0.05) is 43.5 Å². The Morgan fingerprint density at radius 2 is 2.15 bits per heavy atom. The number of thiazole rings is 1. The van der Waals surface area contributed by atoms with Gasteiger partial charge in [0.1, 0.15) is 22.0 Å². The van der Waals surface area contributed by atoms with Crippen molar-refractivity contribution in [1.82, 2.24) is 9.88 Å². The zero-order valence-corrected chi connectivity index (χ0v) is 16.3. The first-order valence-corrected chi connectivity index (χ1v) is 9.70. The molecule has 1 aromatic carbocycles. The van der Waals surface area contributed by atoms with E-state index in [9.17, 15) is 4.79 Å². The van der Waals surface area contributed by atoms with Crippen LogP contribution in [0.2, 0.25) is 0 Å². The summed E-state index contributed by atoms with van der Waals surface area (Å²) >= 11 is 1.44. The lowest BCUT2D eigenvalue weighted by Crippen LogP contribution is -2.26. The van der Waals surface area contributed by atoms with Crippen LogP contribution in [0.4, 0.5) is 0 Å². The lowest BCUT2D eigenvalue weighted by atomic mass is 10.1. The molecule has 6 heteroatoms. The van der Waals surface area contributed by atoms with Gasteiger partial charge in [0.05, 0.1) is 6.61 Å². The monoisotopic (exact) mass is 372 g/mol. The summed E-state index contributed by atoms with van der Waals surface area (Å²) in [5, 5.41) is 3.68. The predicted molar refractivity (Wildman–Crippen MR) is 103 cm³/mol. The highest BCUT2D eigenvalue weighted by Gasteiger charge is 2.20. The van der Waals surface area contributed by atoms with Crippen LogP contribution in [0.3, 0.4) is 0 Å². The number of nitrogens with zero attached hydrogens (tertiary/aromatic N) is 2. The van der Waals surface area contributed by atoms with E-state index in [1.807, 2.05) is 25.2 Å². The van der Waals surface area contributed by atoms with Gasteiger partial charge in [-0.1, -0.05) is 31.5 Å². The second-order valence-electron chi connectivity index (χ2n) is 6.32. The van der Waals surface area contributed by atoms with E-state index in [2.05, 4.69) is 18.0 Å². The number of carbonyl (C=O) groups excluding carboxylic acids is 1. The molecule has 0 aliphatic rings. The maximum atomic E-state index is 12.7. The van der Waals surface area contributed by atoms with Crippen LogP contribution in [-0.4, -0.2) is 29.9 Å². The van der Waals surface area contributed by atoms with E-state index in [0.717, 1.165) is 46.6 Å². The molecule has 5 nitrogen and oxygen atoms in total. The molecular weight excluding hydrogens is 348 g/mol. The minimum Gasteiger partial charge on any atom is -0.461 e. The summed E-state index contributed by atoms with van der Waals surface area (Å²) in [6.07, 6.45) is 3.06. The van der Waals surface area contributed by atoms with Crippen molar-refractivity contribution >= 4 is 28.2 Å². The third-order valence-electron chi connectivity index (χ3n) is 4.32. The smallest absolute Gasteiger partial charge is 0.273 e. The number of amides is 1. The number of aryl methyl sites for hydroxylation is 1. The molecule has 0 radical (unpaired) electrons. The van der Waals surface area contributed by atoms with Gasteiger partial charge in [0.15, 0.2) is 0 Å². The molecule has 0 aliphatic carbocycles. The van der Waals surface area contributed by atoms with E-state index in [1.54, 1.807) is 17.4 Å². The largest absolute Gasteiger partial charge is 0.461 e. The summed E-state index contributed by atoms with van der Waals surface area (Å²) in [5.74, 6) is 0.890. The lowest BCUT2D eigenvalue weighted by molar-refractivity contribution is 0.0779. The number of carbonyl (C=O) groups is 1. The second kappa shape index (κ2) is 8.47. The first kappa shape index (κ1) is 18.6. The molecule has 0 bridgehead atoms. The molecule has 3 aromatic rings. The van der Waals surface area contributed by atoms with Gasteiger partial charge < -0.3 is 14.1 Å². The third kappa shape index (κ3) is 3.97. The maximum absolute atomic E-state index is 12.7. The molecule has 3 rings (SSSR count). The van der Waals surface area contributed by atoms with Crippen molar-refractivity contribution in [3.63, 3.8) is 0 Å². The minimum atomic E-state index is -0.0877. The molecule has 26 heavy (non-hydrogen) atoms. The Balaban J connectivity index is 1.83. The number of methoxy groups -OCH3 is 1. The number of hydrogen-bond acceptors (Lipinski definition) is 5. The number of rotatable bonds is 8. The Hall–Kier alpha value is -2.18. The van der Waals surface area contributed by atoms with E-state index in [-0.39, 0.29) is 5.91 Å². The second-order valence-corrected chi connectivity index (χ2v) is 7.27. The molecule has 0 saturated heterocycles. The van der Waals surface area contributed by atoms with Crippen LogP contribution in [0.25, 0.3) is 11.0 Å². The zero-order chi connectivity index (χ0) is 18.5. The molecule has 0 atom stereocenters.